The molecule has 31 heavy (non-hydrogen) atoms. The van der Waals surface area contributed by atoms with Gasteiger partial charge >= 0.3 is 0 Å². The van der Waals surface area contributed by atoms with Crippen LogP contribution < -0.4 is 0 Å². The van der Waals surface area contributed by atoms with Crippen LogP contribution in [0.1, 0.15) is 30.4 Å². The van der Waals surface area contributed by atoms with E-state index in [2.05, 4.69) is 29.2 Å². The van der Waals surface area contributed by atoms with Crippen LogP contribution in [0.15, 0.2) is 66.4 Å². The Morgan fingerprint density at radius 3 is 2.19 bits per heavy atom. The average molecular weight is 419 g/mol. The molecule has 1 fully saturated rings. The Hall–Kier alpha value is -2.92. The molecule has 2 amide bonds. The van der Waals surface area contributed by atoms with E-state index in [9.17, 15) is 9.59 Å². The molecule has 0 saturated carbocycles. The molecular formula is C26H30N2O3. The van der Waals surface area contributed by atoms with Gasteiger partial charge in [0, 0.05) is 33.4 Å². The number of ether oxygens (including phenoxy) is 1. The summed E-state index contributed by atoms with van der Waals surface area (Å²) in [6, 6.07) is 20.2. The van der Waals surface area contributed by atoms with E-state index in [0.717, 1.165) is 37.9 Å². The summed E-state index contributed by atoms with van der Waals surface area (Å²) >= 11 is 0. The van der Waals surface area contributed by atoms with E-state index in [1.54, 1.807) is 7.11 Å². The quantitative estimate of drug-likeness (QED) is 0.484. The van der Waals surface area contributed by atoms with E-state index in [4.69, 9.17) is 4.74 Å². The van der Waals surface area contributed by atoms with E-state index in [0.29, 0.717) is 36.8 Å². The summed E-state index contributed by atoms with van der Waals surface area (Å²) in [4.78, 5) is 30.1. The molecule has 0 bridgehead atoms. The lowest BCUT2D eigenvalue weighted by atomic mass is 9.89. The maximum atomic E-state index is 13.3. The standard InChI is InChI=1S/C26H30N2O3/c1-31-18-8-15-28-25(29)23(22-11-6-3-7-12-22)24(26(28)30)27-16-13-21(14-17-27)19-20-9-4-2-5-10-20/h2-7,9-12,21H,8,13-19H2,1H3. The second-order valence-electron chi connectivity index (χ2n) is 8.32. The van der Waals surface area contributed by atoms with Crippen molar-refractivity contribution in [2.75, 3.05) is 33.4 Å². The van der Waals surface area contributed by atoms with E-state index >= 15 is 0 Å². The van der Waals surface area contributed by atoms with E-state index in [1.807, 2.05) is 36.4 Å². The maximum Gasteiger partial charge on any atom is 0.277 e. The van der Waals surface area contributed by atoms with Crippen LogP contribution in [0, 0.1) is 5.92 Å². The molecule has 2 aliphatic rings. The molecule has 162 valence electrons. The predicted octanol–water partition coefficient (Wildman–Crippen LogP) is 3.76. The number of hydrogen-bond acceptors (Lipinski definition) is 4. The van der Waals surface area contributed by atoms with Crippen molar-refractivity contribution in [3.63, 3.8) is 0 Å². The zero-order valence-electron chi connectivity index (χ0n) is 18.1. The molecule has 2 aromatic rings. The van der Waals surface area contributed by atoms with Gasteiger partial charge in [-0.3, -0.25) is 14.5 Å². The van der Waals surface area contributed by atoms with Gasteiger partial charge in [-0.25, -0.2) is 0 Å². The smallest absolute Gasteiger partial charge is 0.277 e. The van der Waals surface area contributed by atoms with Gasteiger partial charge in [-0.05, 0) is 42.7 Å². The maximum absolute atomic E-state index is 13.3. The molecule has 2 aromatic carbocycles. The van der Waals surface area contributed by atoms with Crippen LogP contribution in [0.5, 0.6) is 0 Å². The minimum atomic E-state index is -0.186. The number of imide groups is 1. The Kier molecular flexibility index (Phi) is 6.82. The van der Waals surface area contributed by atoms with Gasteiger partial charge in [-0.1, -0.05) is 60.7 Å². The summed E-state index contributed by atoms with van der Waals surface area (Å²) in [5.41, 5.74) is 3.30. The van der Waals surface area contributed by atoms with Gasteiger partial charge < -0.3 is 9.64 Å². The number of carbonyl (C=O) groups excluding carboxylic acids is 2. The third-order valence-electron chi connectivity index (χ3n) is 6.23. The molecule has 0 aromatic heterocycles. The summed E-state index contributed by atoms with van der Waals surface area (Å²) in [6.45, 7) is 2.51. The Bertz CT molecular complexity index is 932. The Morgan fingerprint density at radius 1 is 0.903 bits per heavy atom. The van der Waals surface area contributed by atoms with E-state index in [-0.39, 0.29) is 11.8 Å². The highest BCUT2D eigenvalue weighted by molar-refractivity contribution is 6.35. The fraction of sp³-hybridized carbons (Fsp3) is 0.385. The Balaban J connectivity index is 1.53. The molecule has 0 aliphatic carbocycles. The highest BCUT2D eigenvalue weighted by Gasteiger charge is 2.41. The lowest BCUT2D eigenvalue weighted by Gasteiger charge is -2.34. The summed E-state index contributed by atoms with van der Waals surface area (Å²) in [5.74, 6) is 0.250. The molecule has 1 saturated heterocycles. The normalized spacial score (nSPS) is 17.7. The van der Waals surface area contributed by atoms with Crippen LogP contribution in [0.3, 0.4) is 0 Å². The Morgan fingerprint density at radius 2 is 1.55 bits per heavy atom. The van der Waals surface area contributed by atoms with Crippen LogP contribution in [-0.2, 0) is 20.7 Å². The number of likely N-dealkylation sites (tertiary alicyclic amines) is 1. The number of methoxy groups -OCH3 is 1. The van der Waals surface area contributed by atoms with E-state index in [1.165, 1.54) is 10.5 Å². The SMILES string of the molecule is COCCCN1C(=O)C(c2ccccc2)=C(N2CCC(Cc3ccccc3)CC2)C1=O. The van der Waals surface area contributed by atoms with Gasteiger partial charge in [0.1, 0.15) is 5.70 Å². The van der Waals surface area contributed by atoms with Crippen LogP contribution in [-0.4, -0.2) is 55.0 Å². The zero-order chi connectivity index (χ0) is 21.6. The second kappa shape index (κ2) is 9.92. The highest BCUT2D eigenvalue weighted by atomic mass is 16.5. The van der Waals surface area contributed by atoms with Gasteiger partial charge in [0.25, 0.3) is 11.8 Å². The predicted molar refractivity (Wildman–Crippen MR) is 121 cm³/mol. The van der Waals surface area contributed by atoms with Crippen molar-refractivity contribution in [1.29, 1.82) is 0 Å². The zero-order valence-corrected chi connectivity index (χ0v) is 18.1. The molecule has 2 aliphatic heterocycles. The van der Waals surface area contributed by atoms with Crippen LogP contribution in [0.2, 0.25) is 0 Å². The topological polar surface area (TPSA) is 49.9 Å². The lowest BCUT2D eigenvalue weighted by molar-refractivity contribution is -0.137. The van der Waals surface area contributed by atoms with E-state index < -0.39 is 0 Å². The van der Waals surface area contributed by atoms with Crippen molar-refractivity contribution in [1.82, 2.24) is 9.80 Å². The first-order valence-electron chi connectivity index (χ1n) is 11.1. The molecule has 2 heterocycles. The highest BCUT2D eigenvalue weighted by Crippen LogP contribution is 2.34. The number of carbonyl (C=O) groups is 2. The number of rotatable bonds is 8. The van der Waals surface area contributed by atoms with Crippen molar-refractivity contribution < 1.29 is 14.3 Å². The first kappa shape index (κ1) is 21.3. The summed E-state index contributed by atoms with van der Waals surface area (Å²) in [7, 11) is 1.63. The number of piperidine rings is 1. The largest absolute Gasteiger partial charge is 0.385 e. The summed E-state index contributed by atoms with van der Waals surface area (Å²) in [6.07, 6.45) is 3.75. The first-order chi connectivity index (χ1) is 15.2. The molecule has 0 atom stereocenters. The molecule has 5 heteroatoms. The third kappa shape index (κ3) is 4.72. The molecule has 0 unspecified atom stereocenters. The minimum Gasteiger partial charge on any atom is -0.385 e. The van der Waals surface area contributed by atoms with Gasteiger partial charge in [0.05, 0.1) is 5.57 Å². The van der Waals surface area contributed by atoms with Crippen molar-refractivity contribution in [2.24, 2.45) is 5.92 Å². The van der Waals surface area contributed by atoms with Crippen molar-refractivity contribution in [3.8, 4) is 0 Å². The Labute approximate surface area is 184 Å². The molecular weight excluding hydrogens is 388 g/mol. The number of amides is 2. The third-order valence-corrected chi connectivity index (χ3v) is 6.23. The minimum absolute atomic E-state index is 0.165. The van der Waals surface area contributed by atoms with Crippen LogP contribution in [0.25, 0.3) is 5.57 Å². The summed E-state index contributed by atoms with van der Waals surface area (Å²) < 4.78 is 5.11. The van der Waals surface area contributed by atoms with Crippen LogP contribution in [0.4, 0.5) is 0 Å². The van der Waals surface area contributed by atoms with Crippen molar-refractivity contribution in [2.45, 2.75) is 25.7 Å². The first-order valence-corrected chi connectivity index (χ1v) is 11.1. The number of hydrogen-bond donors (Lipinski definition) is 0. The van der Waals surface area contributed by atoms with Gasteiger partial charge in [-0.2, -0.15) is 0 Å². The van der Waals surface area contributed by atoms with Gasteiger partial charge in [0.2, 0.25) is 0 Å². The van der Waals surface area contributed by atoms with Crippen molar-refractivity contribution in [3.05, 3.63) is 77.5 Å². The number of nitrogens with zero attached hydrogens (tertiary/aromatic N) is 2. The van der Waals surface area contributed by atoms with Gasteiger partial charge in [0.15, 0.2) is 0 Å². The second-order valence-corrected chi connectivity index (χ2v) is 8.32. The van der Waals surface area contributed by atoms with Crippen LogP contribution >= 0.6 is 0 Å². The molecule has 5 nitrogen and oxygen atoms in total. The average Bonchev–Trinajstić information content (AvgIpc) is 3.06. The fourth-order valence-corrected chi connectivity index (χ4v) is 4.60. The summed E-state index contributed by atoms with van der Waals surface area (Å²) in [5, 5.41) is 0. The van der Waals surface area contributed by atoms with Crippen molar-refractivity contribution >= 4 is 17.4 Å². The molecule has 0 radical (unpaired) electrons. The molecule has 0 N–H and O–H groups in total. The fourth-order valence-electron chi connectivity index (χ4n) is 4.60. The molecule has 0 spiro atoms. The molecule has 4 rings (SSSR count). The van der Waals surface area contributed by atoms with Gasteiger partial charge in [-0.15, -0.1) is 0 Å². The lowest BCUT2D eigenvalue weighted by Crippen LogP contribution is -2.39. The number of benzene rings is 2. The monoisotopic (exact) mass is 418 g/mol.